The number of carbonyl (C=O) groups is 1. The summed E-state index contributed by atoms with van der Waals surface area (Å²) < 4.78 is 5.34. The molecule has 1 aromatic rings. The number of nitrogens with one attached hydrogen (secondary N) is 1. The van der Waals surface area contributed by atoms with Crippen molar-refractivity contribution in [3.63, 3.8) is 0 Å². The molecule has 1 N–H and O–H groups in total. The van der Waals surface area contributed by atoms with Crippen LogP contribution in [0.3, 0.4) is 0 Å². The highest BCUT2D eigenvalue weighted by Crippen LogP contribution is 2.27. The fraction of sp³-hybridized carbons (Fsp3) is 0.733. The third-order valence-corrected chi connectivity index (χ3v) is 3.90. The van der Waals surface area contributed by atoms with E-state index in [2.05, 4.69) is 17.2 Å². The maximum atomic E-state index is 12.1. The molecule has 1 fully saturated rings. The summed E-state index contributed by atoms with van der Waals surface area (Å²) in [6.45, 7) is 5.64. The molecule has 106 valence electrons. The largest absolute Gasteiger partial charge is 0.436 e. The molecule has 0 bridgehead atoms. The van der Waals surface area contributed by atoms with Gasteiger partial charge in [-0.05, 0) is 26.2 Å². The Morgan fingerprint density at radius 3 is 2.63 bits per heavy atom. The van der Waals surface area contributed by atoms with Crippen LogP contribution in [0, 0.1) is 19.8 Å². The Labute approximate surface area is 115 Å². The van der Waals surface area contributed by atoms with E-state index in [4.69, 9.17) is 4.42 Å². The van der Waals surface area contributed by atoms with Gasteiger partial charge >= 0.3 is 0 Å². The lowest BCUT2D eigenvalue weighted by Gasteiger charge is -2.24. The van der Waals surface area contributed by atoms with E-state index in [1.165, 1.54) is 32.1 Å². The number of hydrogen-bond donors (Lipinski definition) is 1. The summed E-state index contributed by atoms with van der Waals surface area (Å²) in [6.07, 6.45) is 7.73. The van der Waals surface area contributed by atoms with Crippen molar-refractivity contribution >= 4 is 5.91 Å². The number of amides is 1. The number of nitrogens with zero attached hydrogens (tertiary/aromatic N) is 1. The van der Waals surface area contributed by atoms with Gasteiger partial charge in [0.25, 0.3) is 5.91 Å². The zero-order chi connectivity index (χ0) is 13.8. The molecule has 4 nitrogen and oxygen atoms in total. The summed E-state index contributed by atoms with van der Waals surface area (Å²) >= 11 is 0. The summed E-state index contributed by atoms with van der Waals surface area (Å²) in [5.74, 6) is 1.53. The van der Waals surface area contributed by atoms with Crippen molar-refractivity contribution in [1.82, 2.24) is 10.3 Å². The molecule has 1 aliphatic carbocycles. The van der Waals surface area contributed by atoms with Crippen LogP contribution in [0.25, 0.3) is 0 Å². The number of aryl methyl sites for hydroxylation is 2. The van der Waals surface area contributed by atoms with Crippen molar-refractivity contribution in [2.45, 2.75) is 65.3 Å². The Morgan fingerprint density at radius 1 is 1.37 bits per heavy atom. The average molecular weight is 264 g/mol. The Kier molecular flexibility index (Phi) is 4.61. The second kappa shape index (κ2) is 6.22. The molecule has 0 radical (unpaired) electrons. The molecule has 19 heavy (non-hydrogen) atoms. The van der Waals surface area contributed by atoms with Gasteiger partial charge in [0.05, 0.1) is 5.69 Å². The Bertz CT molecular complexity index is 433. The van der Waals surface area contributed by atoms with Crippen LogP contribution in [0.5, 0.6) is 0 Å². The fourth-order valence-electron chi connectivity index (χ4n) is 3.01. The molecule has 1 amide bonds. The first-order valence-corrected chi connectivity index (χ1v) is 7.31. The molecule has 0 saturated heterocycles. The van der Waals surface area contributed by atoms with E-state index in [0.717, 1.165) is 12.3 Å². The van der Waals surface area contributed by atoms with Crippen molar-refractivity contribution in [3.8, 4) is 0 Å². The minimum atomic E-state index is -0.138. The summed E-state index contributed by atoms with van der Waals surface area (Å²) in [5.41, 5.74) is 0.667. The van der Waals surface area contributed by atoms with Crippen molar-refractivity contribution in [2.24, 2.45) is 5.92 Å². The van der Waals surface area contributed by atoms with Crippen LogP contribution in [-0.4, -0.2) is 16.9 Å². The predicted molar refractivity (Wildman–Crippen MR) is 74.1 cm³/mol. The zero-order valence-electron chi connectivity index (χ0n) is 12.2. The van der Waals surface area contributed by atoms with Crippen molar-refractivity contribution in [1.29, 1.82) is 0 Å². The smallest absolute Gasteiger partial charge is 0.289 e. The lowest BCUT2D eigenvalue weighted by molar-refractivity contribution is 0.0902. The highest BCUT2D eigenvalue weighted by molar-refractivity contribution is 5.92. The van der Waals surface area contributed by atoms with Crippen LogP contribution in [0.4, 0.5) is 0 Å². The van der Waals surface area contributed by atoms with E-state index >= 15 is 0 Å². The third-order valence-electron chi connectivity index (χ3n) is 3.90. The van der Waals surface area contributed by atoms with Gasteiger partial charge in [0, 0.05) is 13.0 Å². The molecule has 0 aliphatic heterocycles. The van der Waals surface area contributed by atoms with Crippen molar-refractivity contribution in [2.75, 3.05) is 0 Å². The van der Waals surface area contributed by atoms with Crippen molar-refractivity contribution in [3.05, 3.63) is 17.3 Å². The van der Waals surface area contributed by atoms with E-state index in [1.807, 2.05) is 0 Å². The lowest BCUT2D eigenvalue weighted by Crippen LogP contribution is -2.34. The molecule has 0 aromatic carbocycles. The van der Waals surface area contributed by atoms with E-state index in [9.17, 15) is 4.79 Å². The molecule has 1 aliphatic rings. The molecule has 1 atom stereocenters. The summed E-state index contributed by atoms with van der Waals surface area (Å²) in [7, 11) is 0. The molecule has 2 rings (SSSR count). The Morgan fingerprint density at radius 2 is 2.05 bits per heavy atom. The van der Waals surface area contributed by atoms with Crippen LogP contribution in [0.15, 0.2) is 4.42 Å². The number of hydrogen-bond acceptors (Lipinski definition) is 3. The summed E-state index contributed by atoms with van der Waals surface area (Å²) in [4.78, 5) is 16.2. The van der Waals surface area contributed by atoms with Crippen LogP contribution in [-0.2, 0) is 0 Å². The Hall–Kier alpha value is -1.32. The number of aromatic nitrogens is 1. The maximum Gasteiger partial charge on any atom is 0.289 e. The Balaban J connectivity index is 1.86. The third kappa shape index (κ3) is 3.82. The number of rotatable bonds is 4. The minimum Gasteiger partial charge on any atom is -0.436 e. The first-order chi connectivity index (χ1) is 9.06. The van der Waals surface area contributed by atoms with Gasteiger partial charge in [0.15, 0.2) is 5.89 Å². The molecular formula is C15H24N2O2. The highest BCUT2D eigenvalue weighted by atomic mass is 16.4. The highest BCUT2D eigenvalue weighted by Gasteiger charge is 2.21. The molecule has 0 spiro atoms. The van der Waals surface area contributed by atoms with Crippen LogP contribution in [0.2, 0.25) is 0 Å². The molecule has 1 heterocycles. The van der Waals surface area contributed by atoms with Gasteiger partial charge in [-0.2, -0.15) is 0 Å². The van der Waals surface area contributed by atoms with Gasteiger partial charge in [-0.3, -0.25) is 4.79 Å². The lowest BCUT2D eigenvalue weighted by atomic mass is 9.85. The van der Waals surface area contributed by atoms with E-state index in [0.29, 0.717) is 17.3 Å². The second-order valence-electron chi connectivity index (χ2n) is 5.76. The topological polar surface area (TPSA) is 55.1 Å². The van der Waals surface area contributed by atoms with E-state index < -0.39 is 0 Å². The fourth-order valence-corrected chi connectivity index (χ4v) is 3.01. The SMILES string of the molecule is Cc1nc(C)c(C(=O)N[C@H](C)CC2CCCCC2)o1. The average Bonchev–Trinajstić information content (AvgIpc) is 2.69. The molecule has 1 aromatic heterocycles. The summed E-state index contributed by atoms with van der Waals surface area (Å²) in [5, 5.41) is 3.02. The minimum absolute atomic E-state index is 0.138. The van der Waals surface area contributed by atoms with Gasteiger partial charge in [0.1, 0.15) is 0 Å². The first-order valence-electron chi connectivity index (χ1n) is 7.31. The normalized spacial score (nSPS) is 18.3. The molecule has 4 heteroatoms. The van der Waals surface area contributed by atoms with Crippen LogP contribution in [0.1, 0.15) is 67.6 Å². The standard InChI is InChI=1S/C15H24N2O2/c1-10(9-13-7-5-4-6-8-13)16-15(18)14-11(2)17-12(3)19-14/h10,13H,4-9H2,1-3H3,(H,16,18)/t10-/m1/s1. The predicted octanol–water partition coefficient (Wildman–Crippen LogP) is 3.38. The van der Waals surface area contributed by atoms with Gasteiger partial charge in [-0.15, -0.1) is 0 Å². The van der Waals surface area contributed by atoms with Crippen LogP contribution >= 0.6 is 0 Å². The van der Waals surface area contributed by atoms with Gasteiger partial charge in [-0.1, -0.05) is 32.1 Å². The zero-order valence-corrected chi connectivity index (χ0v) is 12.2. The summed E-state index contributed by atoms with van der Waals surface area (Å²) in [6, 6.07) is 0.195. The van der Waals surface area contributed by atoms with E-state index in [1.54, 1.807) is 13.8 Å². The number of oxazole rings is 1. The first kappa shape index (κ1) is 14.1. The quantitative estimate of drug-likeness (QED) is 0.907. The molecule has 1 saturated carbocycles. The van der Waals surface area contributed by atoms with Crippen molar-refractivity contribution < 1.29 is 9.21 Å². The maximum absolute atomic E-state index is 12.1. The second-order valence-corrected chi connectivity index (χ2v) is 5.76. The van der Waals surface area contributed by atoms with Gasteiger partial charge in [0.2, 0.25) is 5.76 Å². The van der Waals surface area contributed by atoms with Crippen LogP contribution < -0.4 is 5.32 Å². The molecular weight excluding hydrogens is 240 g/mol. The van der Waals surface area contributed by atoms with Gasteiger partial charge in [-0.25, -0.2) is 4.98 Å². The van der Waals surface area contributed by atoms with Gasteiger partial charge < -0.3 is 9.73 Å². The van der Waals surface area contributed by atoms with E-state index in [-0.39, 0.29) is 11.9 Å². The monoisotopic (exact) mass is 264 g/mol. The molecule has 0 unspecified atom stereocenters. The number of carbonyl (C=O) groups excluding carboxylic acids is 1.